The number of hydrogen-bond acceptors (Lipinski definition) is 2. The highest BCUT2D eigenvalue weighted by Gasteiger charge is 2.12. The molecule has 1 rings (SSSR count). The number of nitrogens with zero attached hydrogens (tertiary/aromatic N) is 1. The molecule has 1 aromatic carbocycles. The van der Waals surface area contributed by atoms with Crippen LogP contribution in [-0.4, -0.2) is 37.0 Å². The molecule has 0 radical (unpaired) electrons. The predicted octanol–water partition coefficient (Wildman–Crippen LogP) is 2.57. The van der Waals surface area contributed by atoms with E-state index >= 15 is 0 Å². The highest BCUT2D eigenvalue weighted by molar-refractivity contribution is 6.34. The van der Waals surface area contributed by atoms with Crippen molar-refractivity contribution < 1.29 is 9.59 Å². The average molecular weight is 284 g/mol. The number of urea groups is 1. The van der Waals surface area contributed by atoms with Gasteiger partial charge in [0.25, 0.3) is 5.91 Å². The van der Waals surface area contributed by atoms with Crippen molar-refractivity contribution in [2.45, 2.75) is 13.8 Å². The Bertz CT molecular complexity index is 473. The lowest BCUT2D eigenvalue weighted by Crippen LogP contribution is -2.34. The maximum absolute atomic E-state index is 11.9. The molecule has 3 amide bonds. The van der Waals surface area contributed by atoms with Gasteiger partial charge in [-0.15, -0.1) is 0 Å². The minimum Gasteiger partial charge on any atom is -0.355 e. The topological polar surface area (TPSA) is 61.4 Å². The van der Waals surface area contributed by atoms with Crippen LogP contribution in [-0.2, 0) is 0 Å². The fraction of sp³-hybridized carbons (Fsp3) is 0.385. The number of halogens is 1. The first-order valence-corrected chi connectivity index (χ1v) is 6.48. The molecule has 0 fully saturated rings. The van der Waals surface area contributed by atoms with E-state index in [0.717, 1.165) is 0 Å². The molecule has 0 spiro atoms. The van der Waals surface area contributed by atoms with E-state index in [2.05, 4.69) is 10.6 Å². The molecule has 0 aromatic heterocycles. The number of carbonyl (C=O) groups excluding carboxylic acids is 2. The van der Waals surface area contributed by atoms with Crippen molar-refractivity contribution in [3.05, 3.63) is 28.8 Å². The second kappa shape index (κ2) is 6.99. The molecule has 0 unspecified atom stereocenters. The summed E-state index contributed by atoms with van der Waals surface area (Å²) in [5.74, 6) is -0.258. The monoisotopic (exact) mass is 283 g/mol. The Labute approximate surface area is 117 Å². The molecule has 0 saturated heterocycles. The second-order valence-electron chi connectivity index (χ2n) is 3.88. The number of anilines is 1. The van der Waals surface area contributed by atoms with E-state index in [1.165, 1.54) is 7.05 Å². The quantitative estimate of drug-likeness (QED) is 0.892. The van der Waals surface area contributed by atoms with E-state index in [9.17, 15) is 9.59 Å². The summed E-state index contributed by atoms with van der Waals surface area (Å²) in [7, 11) is 1.54. The molecule has 0 aliphatic heterocycles. The van der Waals surface area contributed by atoms with Gasteiger partial charge in [-0.2, -0.15) is 0 Å². The van der Waals surface area contributed by atoms with Gasteiger partial charge >= 0.3 is 6.03 Å². The SMILES string of the molecule is CCN(CC)C(=O)Nc1ccc(C(=O)NC)c(Cl)c1. The van der Waals surface area contributed by atoms with Gasteiger partial charge in [0.1, 0.15) is 0 Å². The van der Waals surface area contributed by atoms with Gasteiger partial charge in [-0.25, -0.2) is 4.79 Å². The minimum absolute atomic E-state index is 0.186. The van der Waals surface area contributed by atoms with Gasteiger partial charge in [0.2, 0.25) is 0 Å². The van der Waals surface area contributed by atoms with Gasteiger partial charge in [-0.1, -0.05) is 11.6 Å². The molecular formula is C13H18ClN3O2. The molecule has 0 saturated carbocycles. The van der Waals surface area contributed by atoms with Gasteiger partial charge in [0.05, 0.1) is 10.6 Å². The zero-order chi connectivity index (χ0) is 14.4. The van der Waals surface area contributed by atoms with Gasteiger partial charge in [0, 0.05) is 25.8 Å². The standard InChI is InChI=1S/C13H18ClN3O2/c1-4-17(5-2)13(19)16-9-6-7-10(11(14)8-9)12(18)15-3/h6-8H,4-5H2,1-3H3,(H,15,18)(H,16,19). The Morgan fingerprint density at radius 2 is 1.89 bits per heavy atom. The molecule has 1 aromatic rings. The fourth-order valence-corrected chi connectivity index (χ4v) is 1.89. The molecule has 0 atom stereocenters. The molecule has 5 nitrogen and oxygen atoms in total. The third-order valence-corrected chi connectivity index (χ3v) is 3.06. The van der Waals surface area contributed by atoms with Crippen LogP contribution in [0.15, 0.2) is 18.2 Å². The lowest BCUT2D eigenvalue weighted by Gasteiger charge is -2.19. The van der Waals surface area contributed by atoms with Crippen LogP contribution in [0.4, 0.5) is 10.5 Å². The second-order valence-corrected chi connectivity index (χ2v) is 4.28. The van der Waals surface area contributed by atoms with E-state index in [0.29, 0.717) is 29.4 Å². The summed E-state index contributed by atoms with van der Waals surface area (Å²) in [5, 5.41) is 5.54. The van der Waals surface area contributed by atoms with E-state index in [4.69, 9.17) is 11.6 Å². The smallest absolute Gasteiger partial charge is 0.321 e. The van der Waals surface area contributed by atoms with Crippen molar-refractivity contribution in [1.82, 2.24) is 10.2 Å². The lowest BCUT2D eigenvalue weighted by molar-refractivity contribution is 0.0963. The van der Waals surface area contributed by atoms with Crippen LogP contribution in [0.2, 0.25) is 5.02 Å². The van der Waals surface area contributed by atoms with Crippen molar-refractivity contribution in [1.29, 1.82) is 0 Å². The number of rotatable bonds is 4. The summed E-state index contributed by atoms with van der Waals surface area (Å²) in [6, 6.07) is 4.61. The largest absolute Gasteiger partial charge is 0.355 e. The number of carbonyl (C=O) groups is 2. The predicted molar refractivity (Wildman–Crippen MR) is 76.8 cm³/mol. The van der Waals surface area contributed by atoms with Crippen LogP contribution in [0.3, 0.4) is 0 Å². The normalized spacial score (nSPS) is 9.89. The molecule has 0 aliphatic carbocycles. The highest BCUT2D eigenvalue weighted by atomic mass is 35.5. The Kier molecular flexibility index (Phi) is 5.63. The number of nitrogens with one attached hydrogen (secondary N) is 2. The van der Waals surface area contributed by atoms with Gasteiger partial charge in [-0.3, -0.25) is 4.79 Å². The highest BCUT2D eigenvalue weighted by Crippen LogP contribution is 2.21. The average Bonchev–Trinajstić information content (AvgIpc) is 2.39. The first-order valence-electron chi connectivity index (χ1n) is 6.11. The van der Waals surface area contributed by atoms with Crippen molar-refractivity contribution >= 4 is 29.2 Å². The van der Waals surface area contributed by atoms with Gasteiger partial charge < -0.3 is 15.5 Å². The molecule has 0 bridgehead atoms. The van der Waals surface area contributed by atoms with E-state index in [1.807, 2.05) is 13.8 Å². The van der Waals surface area contributed by atoms with Crippen molar-refractivity contribution in [3.63, 3.8) is 0 Å². The molecule has 104 valence electrons. The molecule has 19 heavy (non-hydrogen) atoms. The summed E-state index contributed by atoms with van der Waals surface area (Å²) in [6.45, 7) is 5.08. The van der Waals surface area contributed by atoms with Gasteiger partial charge in [-0.05, 0) is 32.0 Å². The molecular weight excluding hydrogens is 266 g/mol. The first-order chi connectivity index (χ1) is 9.03. The number of benzene rings is 1. The van der Waals surface area contributed by atoms with Crippen LogP contribution in [0.25, 0.3) is 0 Å². The maximum atomic E-state index is 11.9. The summed E-state index contributed by atoms with van der Waals surface area (Å²) in [5.41, 5.74) is 0.944. The Morgan fingerprint density at radius 1 is 1.26 bits per heavy atom. The van der Waals surface area contributed by atoms with E-state index in [-0.39, 0.29) is 11.9 Å². The first kappa shape index (κ1) is 15.3. The van der Waals surface area contributed by atoms with Crippen LogP contribution in [0, 0.1) is 0 Å². The van der Waals surface area contributed by atoms with Crippen molar-refractivity contribution in [2.24, 2.45) is 0 Å². The number of hydrogen-bond donors (Lipinski definition) is 2. The zero-order valence-corrected chi connectivity index (χ0v) is 12.0. The molecule has 2 N–H and O–H groups in total. The van der Waals surface area contributed by atoms with Crippen molar-refractivity contribution in [2.75, 3.05) is 25.5 Å². The van der Waals surface area contributed by atoms with Crippen LogP contribution in [0.1, 0.15) is 24.2 Å². The van der Waals surface area contributed by atoms with Crippen molar-refractivity contribution in [3.8, 4) is 0 Å². The zero-order valence-electron chi connectivity index (χ0n) is 11.3. The Morgan fingerprint density at radius 3 is 2.37 bits per heavy atom. The van der Waals surface area contributed by atoms with E-state index < -0.39 is 0 Å². The van der Waals surface area contributed by atoms with E-state index in [1.54, 1.807) is 23.1 Å². The Balaban J connectivity index is 2.84. The third kappa shape index (κ3) is 3.86. The van der Waals surface area contributed by atoms with Crippen LogP contribution in [0.5, 0.6) is 0 Å². The summed E-state index contributed by atoms with van der Waals surface area (Å²) < 4.78 is 0. The molecule has 0 aliphatic rings. The summed E-state index contributed by atoms with van der Waals surface area (Å²) >= 11 is 6.01. The van der Waals surface area contributed by atoms with Crippen LogP contribution < -0.4 is 10.6 Å². The fourth-order valence-electron chi connectivity index (χ4n) is 1.63. The third-order valence-electron chi connectivity index (χ3n) is 2.74. The lowest BCUT2D eigenvalue weighted by atomic mass is 10.2. The molecule has 6 heteroatoms. The summed E-state index contributed by atoms with van der Waals surface area (Å²) in [6.07, 6.45) is 0. The number of amides is 3. The van der Waals surface area contributed by atoms with Gasteiger partial charge in [0.15, 0.2) is 0 Å². The Hall–Kier alpha value is -1.75. The minimum atomic E-state index is -0.258. The molecule has 0 heterocycles. The maximum Gasteiger partial charge on any atom is 0.321 e. The summed E-state index contributed by atoms with van der Waals surface area (Å²) in [4.78, 5) is 25.0. The van der Waals surface area contributed by atoms with Crippen LogP contribution >= 0.6 is 11.6 Å².